The SMILES string of the molecule is CN(CCC(=O)c1ccccc1F)Cc1ccc(Cl)s1. The standard InChI is InChI=1S/C15H15ClFNOS/c1-18(10-11-6-7-15(16)20-11)9-8-14(19)12-4-2-3-5-13(12)17/h2-7H,8-10H2,1H3. The zero-order valence-electron chi connectivity index (χ0n) is 11.1. The molecule has 0 radical (unpaired) electrons. The molecular weight excluding hydrogens is 297 g/mol. The van der Waals surface area contributed by atoms with Crippen molar-refractivity contribution in [2.24, 2.45) is 0 Å². The largest absolute Gasteiger partial charge is 0.301 e. The average molecular weight is 312 g/mol. The van der Waals surface area contributed by atoms with Gasteiger partial charge in [0.2, 0.25) is 0 Å². The molecule has 20 heavy (non-hydrogen) atoms. The van der Waals surface area contributed by atoms with Gasteiger partial charge in [0.25, 0.3) is 0 Å². The van der Waals surface area contributed by atoms with Crippen molar-refractivity contribution in [2.75, 3.05) is 13.6 Å². The van der Waals surface area contributed by atoms with Gasteiger partial charge in [-0.25, -0.2) is 4.39 Å². The molecule has 5 heteroatoms. The highest BCUT2D eigenvalue weighted by Crippen LogP contribution is 2.22. The lowest BCUT2D eigenvalue weighted by atomic mass is 10.1. The predicted octanol–water partition coefficient (Wildman–Crippen LogP) is 4.25. The number of Topliss-reactive ketones (excluding diaryl/α,β-unsaturated/α-hetero) is 1. The van der Waals surface area contributed by atoms with E-state index in [-0.39, 0.29) is 11.3 Å². The van der Waals surface area contributed by atoms with E-state index in [2.05, 4.69) is 0 Å². The van der Waals surface area contributed by atoms with Crippen molar-refractivity contribution in [3.63, 3.8) is 0 Å². The van der Waals surface area contributed by atoms with Gasteiger partial charge in [0.1, 0.15) is 5.82 Å². The van der Waals surface area contributed by atoms with Crippen molar-refractivity contribution in [3.05, 3.63) is 57.0 Å². The molecule has 2 nitrogen and oxygen atoms in total. The Morgan fingerprint density at radius 3 is 2.70 bits per heavy atom. The number of hydrogen-bond donors (Lipinski definition) is 0. The summed E-state index contributed by atoms with van der Waals surface area (Å²) >= 11 is 7.40. The Kier molecular flexibility index (Phi) is 5.29. The van der Waals surface area contributed by atoms with Crippen molar-refractivity contribution in [3.8, 4) is 0 Å². The molecule has 0 aliphatic heterocycles. The lowest BCUT2D eigenvalue weighted by Gasteiger charge is -2.15. The Morgan fingerprint density at radius 1 is 1.30 bits per heavy atom. The number of halogens is 2. The van der Waals surface area contributed by atoms with E-state index in [4.69, 9.17) is 11.6 Å². The summed E-state index contributed by atoms with van der Waals surface area (Å²) in [6.07, 6.45) is 0.302. The van der Waals surface area contributed by atoms with Crippen LogP contribution in [-0.2, 0) is 6.54 Å². The number of carbonyl (C=O) groups excluding carboxylic acids is 1. The van der Waals surface area contributed by atoms with Gasteiger partial charge in [-0.1, -0.05) is 23.7 Å². The molecule has 0 unspecified atom stereocenters. The van der Waals surface area contributed by atoms with E-state index in [9.17, 15) is 9.18 Å². The smallest absolute Gasteiger partial charge is 0.167 e. The van der Waals surface area contributed by atoms with Gasteiger partial charge in [-0.2, -0.15) is 0 Å². The molecule has 1 heterocycles. The second-order valence-electron chi connectivity index (χ2n) is 4.60. The second-order valence-corrected chi connectivity index (χ2v) is 6.40. The van der Waals surface area contributed by atoms with Crippen molar-refractivity contribution in [1.29, 1.82) is 0 Å². The molecular formula is C15H15ClFNOS. The molecule has 1 aromatic carbocycles. The minimum absolute atomic E-state index is 0.167. The van der Waals surface area contributed by atoms with Crippen LogP contribution < -0.4 is 0 Å². The summed E-state index contributed by atoms with van der Waals surface area (Å²) in [5.41, 5.74) is 0.167. The number of nitrogens with zero attached hydrogens (tertiary/aromatic N) is 1. The number of carbonyl (C=O) groups is 1. The first kappa shape index (κ1) is 15.2. The first-order valence-electron chi connectivity index (χ1n) is 6.27. The van der Waals surface area contributed by atoms with E-state index < -0.39 is 5.82 Å². The lowest BCUT2D eigenvalue weighted by Crippen LogP contribution is -2.21. The zero-order chi connectivity index (χ0) is 14.5. The average Bonchev–Trinajstić information content (AvgIpc) is 2.82. The Hall–Kier alpha value is -1.23. The summed E-state index contributed by atoms with van der Waals surface area (Å²) in [6.45, 7) is 1.32. The minimum Gasteiger partial charge on any atom is -0.301 e. The van der Waals surface area contributed by atoms with Gasteiger partial charge in [-0.15, -0.1) is 11.3 Å². The molecule has 0 atom stereocenters. The lowest BCUT2D eigenvalue weighted by molar-refractivity contribution is 0.0964. The number of rotatable bonds is 6. The highest BCUT2D eigenvalue weighted by atomic mass is 35.5. The van der Waals surface area contributed by atoms with Crippen molar-refractivity contribution in [1.82, 2.24) is 4.90 Å². The molecule has 0 spiro atoms. The van der Waals surface area contributed by atoms with Crippen LogP contribution in [0.4, 0.5) is 4.39 Å². The number of benzene rings is 1. The maximum atomic E-state index is 13.5. The third-order valence-electron chi connectivity index (χ3n) is 2.95. The maximum absolute atomic E-state index is 13.5. The predicted molar refractivity (Wildman–Crippen MR) is 81.0 cm³/mol. The first-order valence-corrected chi connectivity index (χ1v) is 7.46. The van der Waals surface area contributed by atoms with Gasteiger partial charge in [0, 0.05) is 24.4 Å². The molecule has 0 aliphatic rings. The maximum Gasteiger partial charge on any atom is 0.167 e. The van der Waals surface area contributed by atoms with Crippen LogP contribution in [0.2, 0.25) is 4.34 Å². The quantitative estimate of drug-likeness (QED) is 0.744. The summed E-state index contributed by atoms with van der Waals surface area (Å²) in [7, 11) is 1.93. The number of thiophene rings is 1. The zero-order valence-corrected chi connectivity index (χ0v) is 12.7. The summed E-state index contributed by atoms with van der Waals surface area (Å²) in [6, 6.07) is 9.93. The molecule has 106 valence electrons. The van der Waals surface area contributed by atoms with Crippen molar-refractivity contribution < 1.29 is 9.18 Å². The van der Waals surface area contributed by atoms with Crippen molar-refractivity contribution in [2.45, 2.75) is 13.0 Å². The molecule has 0 fully saturated rings. The fraction of sp³-hybridized carbons (Fsp3) is 0.267. The van der Waals surface area contributed by atoms with Gasteiger partial charge in [0.15, 0.2) is 5.78 Å². The Balaban J connectivity index is 1.85. The summed E-state index contributed by atoms with van der Waals surface area (Å²) in [4.78, 5) is 15.1. The molecule has 0 saturated heterocycles. The number of ketones is 1. The molecule has 0 bridgehead atoms. The van der Waals surface area contributed by atoms with Crippen LogP contribution in [0.15, 0.2) is 36.4 Å². The third-order valence-corrected chi connectivity index (χ3v) is 4.17. The molecule has 0 N–H and O–H groups in total. The van der Waals surface area contributed by atoms with Crippen LogP contribution in [0.3, 0.4) is 0 Å². The van der Waals surface area contributed by atoms with Gasteiger partial charge >= 0.3 is 0 Å². The van der Waals surface area contributed by atoms with E-state index in [1.165, 1.54) is 23.5 Å². The Morgan fingerprint density at radius 2 is 2.05 bits per heavy atom. The molecule has 1 aromatic heterocycles. The van der Waals surface area contributed by atoms with E-state index in [0.29, 0.717) is 13.0 Å². The van der Waals surface area contributed by atoms with Crippen LogP contribution in [0.5, 0.6) is 0 Å². The van der Waals surface area contributed by atoms with Gasteiger partial charge in [0.05, 0.1) is 9.90 Å². The molecule has 0 amide bonds. The van der Waals surface area contributed by atoms with Crippen LogP contribution in [0, 0.1) is 5.82 Å². The summed E-state index contributed by atoms with van der Waals surface area (Å²) < 4.78 is 14.2. The first-order chi connectivity index (χ1) is 9.56. The molecule has 0 saturated carbocycles. The molecule has 2 rings (SSSR count). The second kappa shape index (κ2) is 6.97. The number of hydrogen-bond acceptors (Lipinski definition) is 3. The van der Waals surface area contributed by atoms with Crippen LogP contribution in [-0.4, -0.2) is 24.3 Å². The Labute approximate surface area is 126 Å². The molecule has 0 aliphatic carbocycles. The van der Waals surface area contributed by atoms with E-state index in [0.717, 1.165) is 15.8 Å². The van der Waals surface area contributed by atoms with E-state index >= 15 is 0 Å². The van der Waals surface area contributed by atoms with Gasteiger partial charge in [-0.3, -0.25) is 4.79 Å². The summed E-state index contributed by atoms with van der Waals surface area (Å²) in [5, 5.41) is 0. The van der Waals surface area contributed by atoms with Crippen LogP contribution in [0.25, 0.3) is 0 Å². The third kappa shape index (κ3) is 4.13. The van der Waals surface area contributed by atoms with Crippen molar-refractivity contribution >= 4 is 28.7 Å². The molecule has 2 aromatic rings. The highest BCUT2D eigenvalue weighted by molar-refractivity contribution is 7.16. The highest BCUT2D eigenvalue weighted by Gasteiger charge is 2.12. The van der Waals surface area contributed by atoms with Crippen LogP contribution in [0.1, 0.15) is 21.7 Å². The normalized spacial score (nSPS) is 11.0. The fourth-order valence-corrected chi connectivity index (χ4v) is 3.06. The van der Waals surface area contributed by atoms with Gasteiger partial charge < -0.3 is 4.90 Å². The minimum atomic E-state index is -0.454. The van der Waals surface area contributed by atoms with E-state index in [1.807, 2.05) is 24.1 Å². The summed E-state index contributed by atoms with van der Waals surface area (Å²) in [5.74, 6) is -0.621. The Bertz CT molecular complexity index is 599. The monoisotopic (exact) mass is 311 g/mol. The van der Waals surface area contributed by atoms with Crippen LogP contribution >= 0.6 is 22.9 Å². The topological polar surface area (TPSA) is 20.3 Å². The fourth-order valence-electron chi connectivity index (χ4n) is 1.90. The van der Waals surface area contributed by atoms with Gasteiger partial charge in [-0.05, 0) is 31.3 Å². The van der Waals surface area contributed by atoms with E-state index in [1.54, 1.807) is 12.1 Å².